The summed E-state index contributed by atoms with van der Waals surface area (Å²) in [6.07, 6.45) is 3.18. The fraction of sp³-hybridized carbons (Fsp3) is 0.800. The molecule has 1 aliphatic carbocycles. The Kier molecular flexibility index (Phi) is 2.44. The van der Waals surface area contributed by atoms with E-state index in [2.05, 4.69) is 10.1 Å². The highest BCUT2D eigenvalue weighted by molar-refractivity contribution is 5.79. The second-order valence-electron chi connectivity index (χ2n) is 4.18. The summed E-state index contributed by atoms with van der Waals surface area (Å²) in [6.45, 7) is 0. The van der Waals surface area contributed by atoms with E-state index in [0.717, 1.165) is 12.8 Å². The first kappa shape index (κ1) is 9.49. The van der Waals surface area contributed by atoms with Gasteiger partial charge in [-0.3, -0.25) is 9.59 Å². The predicted molar refractivity (Wildman–Crippen MR) is 49.4 cm³/mol. The van der Waals surface area contributed by atoms with E-state index >= 15 is 0 Å². The van der Waals surface area contributed by atoms with E-state index in [1.54, 1.807) is 0 Å². The van der Waals surface area contributed by atoms with Gasteiger partial charge in [0.2, 0.25) is 5.91 Å². The van der Waals surface area contributed by atoms with Crippen LogP contribution in [0.15, 0.2) is 0 Å². The van der Waals surface area contributed by atoms with Gasteiger partial charge in [0.15, 0.2) is 0 Å². The predicted octanol–water partition coefficient (Wildman–Crippen LogP) is 0.464. The summed E-state index contributed by atoms with van der Waals surface area (Å²) in [5.74, 6) is 0.711. The summed E-state index contributed by atoms with van der Waals surface area (Å²) in [5, 5.41) is 2.95. The van der Waals surface area contributed by atoms with Crippen molar-refractivity contribution in [3.05, 3.63) is 0 Å². The van der Waals surface area contributed by atoms with Crippen LogP contribution in [0.1, 0.15) is 25.7 Å². The zero-order valence-electron chi connectivity index (χ0n) is 8.29. The van der Waals surface area contributed by atoms with Gasteiger partial charge in [0, 0.05) is 12.5 Å². The number of hydrogen-bond acceptors (Lipinski definition) is 3. The average Bonchev–Trinajstić information content (AvgIpc) is 2.67. The van der Waals surface area contributed by atoms with E-state index in [-0.39, 0.29) is 17.9 Å². The summed E-state index contributed by atoms with van der Waals surface area (Å²) < 4.78 is 4.64. The molecule has 0 aromatic rings. The van der Waals surface area contributed by atoms with Gasteiger partial charge in [-0.15, -0.1) is 0 Å². The summed E-state index contributed by atoms with van der Waals surface area (Å²) >= 11 is 0. The van der Waals surface area contributed by atoms with E-state index in [1.807, 2.05) is 0 Å². The molecular formula is C10H15NO3. The van der Waals surface area contributed by atoms with Crippen LogP contribution in [0.5, 0.6) is 0 Å². The maximum Gasteiger partial charge on any atom is 0.305 e. The highest BCUT2D eigenvalue weighted by atomic mass is 16.5. The van der Waals surface area contributed by atoms with Crippen LogP contribution in [-0.2, 0) is 14.3 Å². The Balaban J connectivity index is 1.95. The molecule has 1 amide bonds. The zero-order valence-corrected chi connectivity index (χ0v) is 8.29. The largest absolute Gasteiger partial charge is 0.469 e. The van der Waals surface area contributed by atoms with Crippen molar-refractivity contribution >= 4 is 11.9 Å². The lowest BCUT2D eigenvalue weighted by Crippen LogP contribution is -2.33. The van der Waals surface area contributed by atoms with Gasteiger partial charge in [0.1, 0.15) is 0 Å². The number of carbonyl (C=O) groups excluding carboxylic acids is 2. The van der Waals surface area contributed by atoms with E-state index in [4.69, 9.17) is 0 Å². The monoisotopic (exact) mass is 197 g/mol. The lowest BCUT2D eigenvalue weighted by molar-refractivity contribution is -0.142. The van der Waals surface area contributed by atoms with Crippen LogP contribution in [0.3, 0.4) is 0 Å². The Bertz CT molecular complexity index is 264. The number of ether oxygens (including phenoxy) is 1. The topological polar surface area (TPSA) is 55.4 Å². The minimum Gasteiger partial charge on any atom is -0.469 e. The molecule has 0 aromatic heterocycles. The molecule has 1 heterocycles. The summed E-state index contributed by atoms with van der Waals surface area (Å²) in [7, 11) is 1.40. The molecule has 0 aromatic carbocycles. The van der Waals surface area contributed by atoms with Gasteiger partial charge in [0.05, 0.1) is 13.5 Å². The quantitative estimate of drug-likeness (QED) is 0.654. The number of rotatable bonds is 2. The van der Waals surface area contributed by atoms with Gasteiger partial charge >= 0.3 is 5.97 Å². The Morgan fingerprint density at radius 3 is 3.07 bits per heavy atom. The molecular weight excluding hydrogens is 182 g/mol. The normalized spacial score (nSPS) is 35.2. The third-order valence-electron chi connectivity index (χ3n) is 3.36. The van der Waals surface area contributed by atoms with Gasteiger partial charge in [-0.25, -0.2) is 0 Å². The molecule has 3 atom stereocenters. The second-order valence-corrected chi connectivity index (χ2v) is 4.18. The van der Waals surface area contributed by atoms with Gasteiger partial charge < -0.3 is 10.1 Å². The number of fused-ring (bicyclic) bond motifs is 1. The molecule has 2 fully saturated rings. The van der Waals surface area contributed by atoms with Crippen LogP contribution in [0, 0.1) is 11.8 Å². The molecule has 2 aliphatic rings. The molecule has 3 unspecified atom stereocenters. The second kappa shape index (κ2) is 3.59. The van der Waals surface area contributed by atoms with Gasteiger partial charge in [-0.05, 0) is 24.7 Å². The molecule has 2 rings (SSSR count). The van der Waals surface area contributed by atoms with Gasteiger partial charge in [-0.2, -0.15) is 0 Å². The van der Waals surface area contributed by atoms with Crippen molar-refractivity contribution in [1.29, 1.82) is 0 Å². The van der Waals surface area contributed by atoms with Gasteiger partial charge in [0.25, 0.3) is 0 Å². The van der Waals surface area contributed by atoms with Crippen molar-refractivity contribution in [2.75, 3.05) is 7.11 Å². The molecule has 1 aliphatic heterocycles. The molecule has 4 nitrogen and oxygen atoms in total. The van der Waals surface area contributed by atoms with Crippen molar-refractivity contribution in [3.63, 3.8) is 0 Å². The Morgan fingerprint density at radius 2 is 2.36 bits per heavy atom. The minimum atomic E-state index is -0.170. The highest BCUT2D eigenvalue weighted by Gasteiger charge is 2.43. The third-order valence-corrected chi connectivity index (χ3v) is 3.36. The van der Waals surface area contributed by atoms with Crippen molar-refractivity contribution in [2.45, 2.75) is 31.7 Å². The third kappa shape index (κ3) is 1.61. The van der Waals surface area contributed by atoms with E-state index < -0.39 is 0 Å². The highest BCUT2D eigenvalue weighted by Crippen LogP contribution is 2.38. The molecule has 0 spiro atoms. The molecule has 1 N–H and O–H groups in total. The van der Waals surface area contributed by atoms with Crippen molar-refractivity contribution in [1.82, 2.24) is 5.32 Å². The number of hydrogen-bond donors (Lipinski definition) is 1. The van der Waals surface area contributed by atoms with Crippen molar-refractivity contribution < 1.29 is 14.3 Å². The molecule has 78 valence electrons. The Labute approximate surface area is 83.0 Å². The molecule has 1 saturated heterocycles. The first-order valence-corrected chi connectivity index (χ1v) is 5.07. The number of amides is 1. The SMILES string of the molecule is COC(=O)CC1CCC2CC(=O)NC21. The minimum absolute atomic E-state index is 0.134. The molecule has 0 radical (unpaired) electrons. The van der Waals surface area contributed by atoms with E-state index in [1.165, 1.54) is 7.11 Å². The van der Waals surface area contributed by atoms with Crippen LogP contribution in [-0.4, -0.2) is 25.0 Å². The summed E-state index contributed by atoms with van der Waals surface area (Å²) in [5.41, 5.74) is 0. The smallest absolute Gasteiger partial charge is 0.305 e. The lowest BCUT2D eigenvalue weighted by atomic mass is 9.97. The lowest BCUT2D eigenvalue weighted by Gasteiger charge is -2.17. The van der Waals surface area contributed by atoms with Crippen LogP contribution < -0.4 is 5.32 Å². The Morgan fingerprint density at radius 1 is 1.57 bits per heavy atom. The molecule has 4 heteroatoms. The number of esters is 1. The zero-order chi connectivity index (χ0) is 10.1. The van der Waals surface area contributed by atoms with Crippen LogP contribution in [0.25, 0.3) is 0 Å². The summed E-state index contributed by atoms with van der Waals surface area (Å²) in [6, 6.07) is 0.224. The first-order valence-electron chi connectivity index (χ1n) is 5.07. The van der Waals surface area contributed by atoms with E-state index in [0.29, 0.717) is 24.7 Å². The fourth-order valence-corrected chi connectivity index (χ4v) is 2.65. The molecule has 1 saturated carbocycles. The van der Waals surface area contributed by atoms with Crippen LogP contribution in [0.2, 0.25) is 0 Å². The van der Waals surface area contributed by atoms with Crippen molar-refractivity contribution in [3.8, 4) is 0 Å². The summed E-state index contributed by atoms with van der Waals surface area (Å²) in [4.78, 5) is 22.2. The van der Waals surface area contributed by atoms with Gasteiger partial charge in [-0.1, -0.05) is 0 Å². The first-order chi connectivity index (χ1) is 6.70. The maximum absolute atomic E-state index is 11.1. The number of methoxy groups -OCH3 is 1. The number of nitrogens with one attached hydrogen (secondary N) is 1. The average molecular weight is 197 g/mol. The number of carbonyl (C=O) groups is 2. The molecule has 14 heavy (non-hydrogen) atoms. The van der Waals surface area contributed by atoms with Crippen LogP contribution in [0.4, 0.5) is 0 Å². The van der Waals surface area contributed by atoms with E-state index in [9.17, 15) is 9.59 Å². The maximum atomic E-state index is 11.1. The fourth-order valence-electron chi connectivity index (χ4n) is 2.65. The molecule has 0 bridgehead atoms. The van der Waals surface area contributed by atoms with Crippen LogP contribution >= 0.6 is 0 Å². The van der Waals surface area contributed by atoms with Crippen molar-refractivity contribution in [2.24, 2.45) is 11.8 Å². The Hall–Kier alpha value is -1.06. The standard InChI is InChI=1S/C10H15NO3/c1-14-9(13)5-7-3-2-6-4-8(12)11-10(6)7/h6-7,10H,2-5H2,1H3,(H,11,12).